The number of hydrogen-bond acceptors (Lipinski definition) is 1. The van der Waals surface area contributed by atoms with E-state index in [1.165, 1.54) is 18.4 Å². The van der Waals surface area contributed by atoms with Crippen LogP contribution in [-0.2, 0) is 5.41 Å². The number of benzene rings is 1. The van der Waals surface area contributed by atoms with Crippen molar-refractivity contribution in [2.24, 2.45) is 5.92 Å². The van der Waals surface area contributed by atoms with E-state index in [2.05, 4.69) is 41.1 Å². The number of nitriles is 1. The van der Waals surface area contributed by atoms with E-state index < -0.39 is 0 Å². The summed E-state index contributed by atoms with van der Waals surface area (Å²) in [4.78, 5) is 0. The lowest BCUT2D eigenvalue weighted by molar-refractivity contribution is 0.294. The van der Waals surface area contributed by atoms with Gasteiger partial charge in [0.2, 0.25) is 0 Å². The molecule has 1 aromatic rings. The van der Waals surface area contributed by atoms with Crippen molar-refractivity contribution in [2.75, 3.05) is 0 Å². The monoisotopic (exact) mass is 277 g/mol. The van der Waals surface area contributed by atoms with Crippen molar-refractivity contribution in [3.05, 3.63) is 34.3 Å². The van der Waals surface area contributed by atoms with Gasteiger partial charge in [0, 0.05) is 4.47 Å². The van der Waals surface area contributed by atoms with Gasteiger partial charge in [0.25, 0.3) is 0 Å². The minimum absolute atomic E-state index is 0.240. The van der Waals surface area contributed by atoms with Crippen molar-refractivity contribution >= 4 is 15.9 Å². The first-order valence-electron chi connectivity index (χ1n) is 5.83. The number of nitrogens with zero attached hydrogens (tertiary/aromatic N) is 1. The zero-order chi connectivity index (χ0) is 11.6. The molecule has 1 fully saturated rings. The first kappa shape index (κ1) is 11.7. The molecule has 0 radical (unpaired) electrons. The van der Waals surface area contributed by atoms with Crippen molar-refractivity contribution in [1.29, 1.82) is 5.26 Å². The molecular formula is C14H16BrN. The molecule has 0 spiro atoms. The maximum Gasteiger partial charge on any atom is 0.0823 e. The van der Waals surface area contributed by atoms with Gasteiger partial charge in [0.05, 0.1) is 11.5 Å². The molecule has 0 heterocycles. The summed E-state index contributed by atoms with van der Waals surface area (Å²) in [6.07, 6.45) is 4.34. The molecule has 2 rings (SSSR count). The third-order valence-electron chi connectivity index (χ3n) is 3.72. The number of rotatable bonds is 1. The summed E-state index contributed by atoms with van der Waals surface area (Å²) in [5, 5.41) is 9.51. The van der Waals surface area contributed by atoms with Crippen molar-refractivity contribution in [2.45, 2.75) is 38.0 Å². The van der Waals surface area contributed by atoms with Crippen LogP contribution in [0.3, 0.4) is 0 Å². The van der Waals surface area contributed by atoms with Crippen LogP contribution in [0.4, 0.5) is 0 Å². The smallest absolute Gasteiger partial charge is 0.0823 e. The van der Waals surface area contributed by atoms with E-state index in [-0.39, 0.29) is 5.41 Å². The molecule has 1 aliphatic carbocycles. The van der Waals surface area contributed by atoms with Gasteiger partial charge in [-0.05, 0) is 49.3 Å². The van der Waals surface area contributed by atoms with Gasteiger partial charge >= 0.3 is 0 Å². The highest BCUT2D eigenvalue weighted by Crippen LogP contribution is 2.41. The fraction of sp³-hybridized carbons (Fsp3) is 0.500. The maximum atomic E-state index is 9.51. The maximum absolute atomic E-state index is 9.51. The highest BCUT2D eigenvalue weighted by Gasteiger charge is 2.35. The highest BCUT2D eigenvalue weighted by atomic mass is 79.9. The van der Waals surface area contributed by atoms with Crippen LogP contribution in [-0.4, -0.2) is 0 Å². The van der Waals surface area contributed by atoms with E-state index in [9.17, 15) is 5.26 Å². The second-order valence-electron chi connectivity index (χ2n) is 4.89. The molecular weight excluding hydrogens is 262 g/mol. The van der Waals surface area contributed by atoms with Crippen LogP contribution in [0.2, 0.25) is 0 Å². The molecule has 84 valence electrons. The van der Waals surface area contributed by atoms with E-state index in [0.29, 0.717) is 0 Å². The third kappa shape index (κ3) is 2.15. The molecule has 2 heteroatoms. The van der Waals surface area contributed by atoms with Gasteiger partial charge < -0.3 is 0 Å². The van der Waals surface area contributed by atoms with Crippen molar-refractivity contribution < 1.29 is 0 Å². The highest BCUT2D eigenvalue weighted by molar-refractivity contribution is 9.10. The van der Waals surface area contributed by atoms with E-state index in [1.807, 2.05) is 12.1 Å². The Morgan fingerprint density at radius 1 is 1.38 bits per heavy atom. The minimum Gasteiger partial charge on any atom is -0.197 e. The van der Waals surface area contributed by atoms with Gasteiger partial charge in [-0.25, -0.2) is 0 Å². The summed E-state index contributed by atoms with van der Waals surface area (Å²) < 4.78 is 1.07. The van der Waals surface area contributed by atoms with Crippen molar-refractivity contribution in [1.82, 2.24) is 0 Å². The van der Waals surface area contributed by atoms with Crippen molar-refractivity contribution in [3.63, 3.8) is 0 Å². The molecule has 0 bridgehead atoms. The molecule has 16 heavy (non-hydrogen) atoms. The van der Waals surface area contributed by atoms with E-state index in [4.69, 9.17) is 0 Å². The fourth-order valence-corrected chi connectivity index (χ4v) is 2.91. The zero-order valence-electron chi connectivity index (χ0n) is 9.54. The molecule has 1 aromatic carbocycles. The molecule has 0 saturated heterocycles. The van der Waals surface area contributed by atoms with Crippen LogP contribution in [0.5, 0.6) is 0 Å². The molecule has 1 nitrogen and oxygen atoms in total. The summed E-state index contributed by atoms with van der Waals surface area (Å²) in [6.45, 7) is 2.28. The van der Waals surface area contributed by atoms with Crippen LogP contribution < -0.4 is 0 Å². The molecule has 0 unspecified atom stereocenters. The Morgan fingerprint density at radius 2 is 2.06 bits per heavy atom. The Hall–Kier alpha value is -0.810. The van der Waals surface area contributed by atoms with Gasteiger partial charge in [-0.1, -0.05) is 35.0 Å². The summed E-state index contributed by atoms with van der Waals surface area (Å²) in [6, 6.07) is 10.8. The molecule has 0 aromatic heterocycles. The minimum atomic E-state index is -0.240. The quantitative estimate of drug-likeness (QED) is 0.746. The fourth-order valence-electron chi connectivity index (χ4n) is 2.51. The van der Waals surface area contributed by atoms with E-state index in [0.717, 1.165) is 23.2 Å². The Balaban J connectivity index is 2.32. The van der Waals surface area contributed by atoms with Crippen LogP contribution >= 0.6 is 15.9 Å². The summed E-state index contributed by atoms with van der Waals surface area (Å²) in [5.74, 6) is 0.772. The van der Waals surface area contributed by atoms with E-state index >= 15 is 0 Å². The first-order chi connectivity index (χ1) is 7.66. The second-order valence-corrected chi connectivity index (χ2v) is 5.80. The summed E-state index contributed by atoms with van der Waals surface area (Å²) in [7, 11) is 0. The third-order valence-corrected chi connectivity index (χ3v) is 4.21. The molecule has 0 aliphatic heterocycles. The normalized spacial score (nSPS) is 29.7. The molecule has 0 amide bonds. The summed E-state index contributed by atoms with van der Waals surface area (Å²) >= 11 is 3.48. The predicted octanol–water partition coefficient (Wildman–Crippen LogP) is 4.42. The molecule has 1 saturated carbocycles. The lowest BCUT2D eigenvalue weighted by atomic mass is 9.68. The Bertz CT molecular complexity index is 411. The Kier molecular flexibility index (Phi) is 3.35. The van der Waals surface area contributed by atoms with Gasteiger partial charge in [0.1, 0.15) is 0 Å². The lowest BCUT2D eigenvalue weighted by Gasteiger charge is -2.34. The van der Waals surface area contributed by atoms with Gasteiger partial charge in [-0.2, -0.15) is 5.26 Å². The predicted molar refractivity (Wildman–Crippen MR) is 69.1 cm³/mol. The Morgan fingerprint density at radius 3 is 2.62 bits per heavy atom. The number of halogens is 1. The molecule has 1 aliphatic rings. The SMILES string of the molecule is CC1CCC(C#N)(c2cccc(Br)c2)CC1. The molecule has 0 atom stereocenters. The summed E-state index contributed by atoms with van der Waals surface area (Å²) in [5.41, 5.74) is 0.937. The Labute approximate surface area is 106 Å². The van der Waals surface area contributed by atoms with Crippen molar-refractivity contribution in [3.8, 4) is 6.07 Å². The number of hydrogen-bond donors (Lipinski definition) is 0. The van der Waals surface area contributed by atoms with Crippen LogP contribution in [0, 0.1) is 17.2 Å². The van der Waals surface area contributed by atoms with Gasteiger partial charge in [-0.3, -0.25) is 0 Å². The van der Waals surface area contributed by atoms with Gasteiger partial charge in [-0.15, -0.1) is 0 Å². The largest absolute Gasteiger partial charge is 0.197 e. The molecule has 0 N–H and O–H groups in total. The first-order valence-corrected chi connectivity index (χ1v) is 6.63. The topological polar surface area (TPSA) is 23.8 Å². The van der Waals surface area contributed by atoms with Crippen LogP contribution in [0.15, 0.2) is 28.7 Å². The average molecular weight is 278 g/mol. The lowest BCUT2D eigenvalue weighted by Crippen LogP contribution is -2.29. The van der Waals surface area contributed by atoms with Crippen LogP contribution in [0.1, 0.15) is 38.2 Å². The van der Waals surface area contributed by atoms with Crippen LogP contribution in [0.25, 0.3) is 0 Å². The van der Waals surface area contributed by atoms with Gasteiger partial charge in [0.15, 0.2) is 0 Å². The second kappa shape index (κ2) is 4.59. The zero-order valence-corrected chi connectivity index (χ0v) is 11.1. The average Bonchev–Trinajstić information content (AvgIpc) is 2.31. The standard InChI is InChI=1S/C14H16BrN/c1-11-5-7-14(10-16,8-6-11)12-3-2-4-13(15)9-12/h2-4,9,11H,5-8H2,1H3. The van der Waals surface area contributed by atoms with E-state index in [1.54, 1.807) is 0 Å².